The van der Waals surface area contributed by atoms with Gasteiger partial charge in [-0.25, -0.2) is 0 Å². The van der Waals surface area contributed by atoms with Gasteiger partial charge in [0.25, 0.3) is 0 Å². The number of nitrogens with zero attached hydrogens (tertiary/aromatic N) is 2. The van der Waals surface area contributed by atoms with Crippen LogP contribution in [0, 0.1) is 0 Å². The zero-order valence-electron chi connectivity index (χ0n) is 34.6. The molecule has 0 spiro atoms. The smallest absolute Gasteiger partial charge is 0.0714 e. The molecule has 0 saturated heterocycles. The van der Waals surface area contributed by atoms with Crippen LogP contribution in [0.15, 0.2) is 255 Å². The highest BCUT2D eigenvalue weighted by molar-refractivity contribution is 6.10. The predicted octanol–water partition coefficient (Wildman–Crippen LogP) is 16.0. The molecule has 10 aromatic carbocycles. The van der Waals surface area contributed by atoms with E-state index in [2.05, 4.69) is 264 Å². The standard InChI is InChI=1S/C61H42N2/c1-5-18-43(19-6-1)44-32-35-50(36-33-44)63-59-31-16-14-29-55(59)56-41-46(34-39-60(56)63)45-20-17-27-51(40-45)62(49-25-11-4-12-26-49)52-37-38-54-53-28-13-15-30-57(53)61(58(54)42-52,47-21-7-2-8-22-47)48-23-9-3-10-24-48/h1-42H. The Kier molecular flexibility index (Phi) is 8.76. The Morgan fingerprint density at radius 3 is 1.57 bits per heavy atom. The van der Waals surface area contributed by atoms with E-state index in [1.54, 1.807) is 0 Å². The van der Waals surface area contributed by atoms with E-state index < -0.39 is 5.41 Å². The molecule has 12 rings (SSSR count). The van der Waals surface area contributed by atoms with Gasteiger partial charge in [0, 0.05) is 33.5 Å². The van der Waals surface area contributed by atoms with Crippen molar-refractivity contribution in [2.75, 3.05) is 4.90 Å². The first-order valence-corrected chi connectivity index (χ1v) is 21.8. The van der Waals surface area contributed by atoms with Crippen LogP contribution in [0.3, 0.4) is 0 Å². The molecular weight excluding hydrogens is 761 g/mol. The van der Waals surface area contributed by atoms with Gasteiger partial charge in [0.1, 0.15) is 0 Å². The second-order valence-corrected chi connectivity index (χ2v) is 16.5. The van der Waals surface area contributed by atoms with Crippen LogP contribution in [0.25, 0.3) is 60.9 Å². The fourth-order valence-electron chi connectivity index (χ4n) is 10.3. The monoisotopic (exact) mass is 802 g/mol. The number of benzene rings is 10. The van der Waals surface area contributed by atoms with Gasteiger partial charge >= 0.3 is 0 Å². The minimum Gasteiger partial charge on any atom is -0.310 e. The molecule has 0 bridgehead atoms. The van der Waals surface area contributed by atoms with Crippen LogP contribution < -0.4 is 4.90 Å². The van der Waals surface area contributed by atoms with E-state index in [4.69, 9.17) is 0 Å². The van der Waals surface area contributed by atoms with Crippen LogP contribution in [0.1, 0.15) is 22.3 Å². The Bertz CT molecular complexity index is 3380. The van der Waals surface area contributed by atoms with Crippen molar-refractivity contribution >= 4 is 38.9 Å². The second-order valence-electron chi connectivity index (χ2n) is 16.5. The van der Waals surface area contributed by atoms with Gasteiger partial charge in [0.15, 0.2) is 0 Å². The summed E-state index contributed by atoms with van der Waals surface area (Å²) >= 11 is 0. The fourth-order valence-corrected chi connectivity index (χ4v) is 10.3. The summed E-state index contributed by atoms with van der Waals surface area (Å²) in [5.74, 6) is 0. The van der Waals surface area contributed by atoms with Crippen LogP contribution in [-0.4, -0.2) is 4.57 Å². The number of fused-ring (bicyclic) bond motifs is 6. The molecule has 296 valence electrons. The summed E-state index contributed by atoms with van der Waals surface area (Å²) in [5, 5.41) is 2.47. The summed E-state index contributed by atoms with van der Waals surface area (Å²) < 4.78 is 2.40. The molecule has 1 aliphatic carbocycles. The summed E-state index contributed by atoms with van der Waals surface area (Å²) in [4.78, 5) is 2.41. The first-order chi connectivity index (χ1) is 31.3. The van der Waals surface area contributed by atoms with Crippen molar-refractivity contribution in [3.63, 3.8) is 0 Å². The fraction of sp³-hybridized carbons (Fsp3) is 0.0164. The molecule has 0 N–H and O–H groups in total. The van der Waals surface area contributed by atoms with Gasteiger partial charge in [0.05, 0.1) is 16.4 Å². The van der Waals surface area contributed by atoms with Gasteiger partial charge in [-0.3, -0.25) is 0 Å². The summed E-state index contributed by atoms with van der Waals surface area (Å²) in [6, 6.07) is 93.2. The lowest BCUT2D eigenvalue weighted by molar-refractivity contribution is 0.768. The third kappa shape index (κ3) is 5.95. The zero-order valence-corrected chi connectivity index (χ0v) is 34.6. The Morgan fingerprint density at radius 2 is 0.825 bits per heavy atom. The highest BCUT2D eigenvalue weighted by Gasteiger charge is 2.46. The van der Waals surface area contributed by atoms with Crippen molar-refractivity contribution in [2.45, 2.75) is 5.41 Å². The lowest BCUT2D eigenvalue weighted by atomic mass is 9.67. The van der Waals surface area contributed by atoms with Crippen molar-refractivity contribution in [3.05, 3.63) is 277 Å². The molecule has 0 unspecified atom stereocenters. The van der Waals surface area contributed by atoms with Crippen LogP contribution >= 0.6 is 0 Å². The lowest BCUT2D eigenvalue weighted by Gasteiger charge is -2.35. The third-order valence-electron chi connectivity index (χ3n) is 13.1. The van der Waals surface area contributed by atoms with Crippen LogP contribution in [0.2, 0.25) is 0 Å². The van der Waals surface area contributed by atoms with E-state index in [1.165, 1.54) is 71.9 Å². The number of rotatable bonds is 8. The average Bonchev–Trinajstić information content (AvgIpc) is 3.85. The van der Waals surface area contributed by atoms with E-state index >= 15 is 0 Å². The van der Waals surface area contributed by atoms with Crippen molar-refractivity contribution in [3.8, 4) is 39.1 Å². The first-order valence-electron chi connectivity index (χ1n) is 21.8. The second kappa shape index (κ2) is 15.1. The summed E-state index contributed by atoms with van der Waals surface area (Å²) in [6.07, 6.45) is 0. The molecule has 1 aliphatic rings. The quantitative estimate of drug-likeness (QED) is 0.149. The van der Waals surface area contributed by atoms with Gasteiger partial charge in [-0.05, 0) is 122 Å². The van der Waals surface area contributed by atoms with Crippen LogP contribution in [-0.2, 0) is 5.41 Å². The molecule has 0 atom stereocenters. The predicted molar refractivity (Wildman–Crippen MR) is 264 cm³/mol. The molecule has 0 aliphatic heterocycles. The van der Waals surface area contributed by atoms with Crippen molar-refractivity contribution in [1.29, 1.82) is 0 Å². The molecule has 0 amide bonds. The van der Waals surface area contributed by atoms with Gasteiger partial charge < -0.3 is 9.47 Å². The maximum atomic E-state index is 2.45. The summed E-state index contributed by atoms with van der Waals surface area (Å²) in [7, 11) is 0. The van der Waals surface area contributed by atoms with E-state index in [-0.39, 0.29) is 0 Å². The molecule has 0 saturated carbocycles. The molecule has 11 aromatic rings. The summed E-state index contributed by atoms with van der Waals surface area (Å²) in [5.41, 5.74) is 18.8. The topological polar surface area (TPSA) is 8.17 Å². The molecule has 2 heteroatoms. The maximum absolute atomic E-state index is 2.45. The average molecular weight is 803 g/mol. The van der Waals surface area contributed by atoms with Gasteiger partial charge in [-0.1, -0.05) is 188 Å². The number of hydrogen-bond donors (Lipinski definition) is 0. The van der Waals surface area contributed by atoms with Crippen LogP contribution in [0.4, 0.5) is 17.1 Å². The Hall–Kier alpha value is -8.20. The lowest BCUT2D eigenvalue weighted by Crippen LogP contribution is -2.28. The first kappa shape index (κ1) is 36.6. The highest BCUT2D eigenvalue weighted by atomic mass is 15.1. The largest absolute Gasteiger partial charge is 0.310 e. The van der Waals surface area contributed by atoms with E-state index in [0.717, 1.165) is 28.3 Å². The molecule has 0 fully saturated rings. The number of para-hydroxylation sites is 2. The van der Waals surface area contributed by atoms with Crippen LogP contribution in [0.5, 0.6) is 0 Å². The van der Waals surface area contributed by atoms with Gasteiger partial charge in [-0.2, -0.15) is 0 Å². The molecule has 0 radical (unpaired) electrons. The number of hydrogen-bond acceptors (Lipinski definition) is 1. The van der Waals surface area contributed by atoms with E-state index in [1.807, 2.05) is 0 Å². The maximum Gasteiger partial charge on any atom is 0.0714 e. The molecule has 1 heterocycles. The van der Waals surface area contributed by atoms with E-state index in [9.17, 15) is 0 Å². The number of anilines is 3. The Labute approximate surface area is 368 Å². The van der Waals surface area contributed by atoms with Crippen molar-refractivity contribution in [1.82, 2.24) is 4.57 Å². The third-order valence-corrected chi connectivity index (χ3v) is 13.1. The molecule has 1 aromatic heterocycles. The highest BCUT2D eigenvalue weighted by Crippen LogP contribution is 2.57. The van der Waals surface area contributed by atoms with Gasteiger partial charge in [-0.15, -0.1) is 0 Å². The summed E-state index contributed by atoms with van der Waals surface area (Å²) in [6.45, 7) is 0. The minimum absolute atomic E-state index is 0.493. The minimum atomic E-state index is -0.493. The SMILES string of the molecule is c1ccc(-c2ccc(-n3c4ccccc4c4cc(-c5cccc(N(c6ccccc6)c6ccc7c(c6)C(c6ccccc6)(c6ccccc6)c6ccccc6-7)c5)ccc43)cc2)cc1. The van der Waals surface area contributed by atoms with Crippen molar-refractivity contribution in [2.24, 2.45) is 0 Å². The number of aromatic nitrogens is 1. The molecule has 63 heavy (non-hydrogen) atoms. The normalized spacial score (nSPS) is 12.6. The van der Waals surface area contributed by atoms with Crippen molar-refractivity contribution < 1.29 is 0 Å². The molecular formula is C61H42N2. The zero-order chi connectivity index (χ0) is 41.7. The Morgan fingerprint density at radius 1 is 0.302 bits per heavy atom. The van der Waals surface area contributed by atoms with Gasteiger partial charge in [0.2, 0.25) is 0 Å². The molecule has 2 nitrogen and oxygen atoms in total. The Balaban J connectivity index is 0.996. The van der Waals surface area contributed by atoms with E-state index in [0.29, 0.717) is 0 Å².